The van der Waals surface area contributed by atoms with Crippen LogP contribution in [0.15, 0.2) is 109 Å². The zero-order valence-corrected chi connectivity index (χ0v) is 23.4. The van der Waals surface area contributed by atoms with Gasteiger partial charge in [-0.15, -0.1) is 0 Å². The average Bonchev–Trinajstić information content (AvgIpc) is 3.45. The molecule has 39 heavy (non-hydrogen) atoms. The maximum Gasteiger partial charge on any atom is 0.0541 e. The van der Waals surface area contributed by atoms with Crippen LogP contribution in [-0.2, 0) is 5.54 Å². The molecule has 0 aliphatic rings. The van der Waals surface area contributed by atoms with E-state index in [1.54, 1.807) is 0 Å². The largest absolute Gasteiger partial charge is 0.335 e. The highest BCUT2D eigenvalue weighted by Gasteiger charge is 2.21. The predicted molar refractivity (Wildman–Crippen MR) is 168 cm³/mol. The molecule has 2 aromatic heterocycles. The Balaban J connectivity index is 1.50. The zero-order chi connectivity index (χ0) is 26.9. The number of aromatic nitrogens is 2. The number of para-hydroxylation sites is 3. The minimum atomic E-state index is -0.00979. The van der Waals surface area contributed by atoms with Crippen LogP contribution in [0.3, 0.4) is 0 Å². The Labute approximate surface area is 230 Å². The van der Waals surface area contributed by atoms with Gasteiger partial charge in [0.1, 0.15) is 0 Å². The molecule has 0 radical (unpaired) electrons. The normalized spacial score (nSPS) is 12.5. The van der Waals surface area contributed by atoms with Gasteiger partial charge in [0.15, 0.2) is 0 Å². The van der Waals surface area contributed by atoms with Gasteiger partial charge in [-0.05, 0) is 85.8 Å². The van der Waals surface area contributed by atoms with E-state index in [-0.39, 0.29) is 5.54 Å². The van der Waals surface area contributed by atoms with Gasteiger partial charge in [-0.1, -0.05) is 80.6 Å². The average molecular weight is 507 g/mol. The van der Waals surface area contributed by atoms with Crippen molar-refractivity contribution in [2.75, 3.05) is 0 Å². The van der Waals surface area contributed by atoms with Gasteiger partial charge in [-0.2, -0.15) is 0 Å². The van der Waals surface area contributed by atoms with Gasteiger partial charge >= 0.3 is 0 Å². The number of rotatable bonds is 3. The molecule has 0 atom stereocenters. The van der Waals surface area contributed by atoms with E-state index in [1.165, 1.54) is 66.0 Å². The third-order valence-electron chi connectivity index (χ3n) is 8.12. The Morgan fingerprint density at radius 2 is 1.05 bits per heavy atom. The van der Waals surface area contributed by atoms with E-state index in [0.29, 0.717) is 5.92 Å². The first-order chi connectivity index (χ1) is 18.8. The summed E-state index contributed by atoms with van der Waals surface area (Å²) < 4.78 is 4.92. The molecule has 0 amide bonds. The summed E-state index contributed by atoms with van der Waals surface area (Å²) >= 11 is 0. The summed E-state index contributed by atoms with van der Waals surface area (Å²) in [4.78, 5) is 0. The fourth-order valence-electron chi connectivity index (χ4n) is 6.34. The van der Waals surface area contributed by atoms with Crippen LogP contribution < -0.4 is 0 Å². The molecule has 0 N–H and O–H groups in total. The van der Waals surface area contributed by atoms with E-state index in [0.717, 1.165) is 0 Å². The zero-order valence-electron chi connectivity index (χ0n) is 23.4. The number of benzene rings is 5. The van der Waals surface area contributed by atoms with Crippen LogP contribution in [0.25, 0.3) is 60.4 Å². The molecular formula is C37H34N2. The summed E-state index contributed by atoms with van der Waals surface area (Å²) in [5.41, 5.74) is 10.1. The highest BCUT2D eigenvalue weighted by Crippen LogP contribution is 2.38. The summed E-state index contributed by atoms with van der Waals surface area (Å²) in [6.45, 7) is 11.4. The third kappa shape index (κ3) is 3.70. The Bertz CT molecular complexity index is 1970. The molecule has 0 fully saturated rings. The summed E-state index contributed by atoms with van der Waals surface area (Å²) in [6, 6.07) is 40.5. The Morgan fingerprint density at radius 3 is 1.64 bits per heavy atom. The lowest BCUT2D eigenvalue weighted by atomic mass is 9.95. The molecule has 0 aliphatic carbocycles. The van der Waals surface area contributed by atoms with Crippen molar-refractivity contribution in [3.8, 4) is 16.8 Å². The number of hydrogen-bond acceptors (Lipinski definition) is 0. The van der Waals surface area contributed by atoms with Crippen molar-refractivity contribution in [1.82, 2.24) is 9.13 Å². The summed E-state index contributed by atoms with van der Waals surface area (Å²) in [6.07, 6.45) is 0. The molecule has 0 saturated carbocycles. The SMILES string of the molecule is CC(C)c1cc(-c2ccc3c(c2)c2ccccc2n3C(C)(C)C)cc(-n2c3ccccc3c3ccccc32)c1. The van der Waals surface area contributed by atoms with E-state index >= 15 is 0 Å². The van der Waals surface area contributed by atoms with Crippen LogP contribution in [0.4, 0.5) is 0 Å². The van der Waals surface area contributed by atoms with Crippen molar-refractivity contribution in [2.45, 2.75) is 46.1 Å². The van der Waals surface area contributed by atoms with Crippen LogP contribution >= 0.6 is 0 Å². The second-order valence-corrected chi connectivity index (χ2v) is 12.1. The Kier molecular flexibility index (Phi) is 5.25. The van der Waals surface area contributed by atoms with E-state index in [2.05, 4.69) is 153 Å². The fraction of sp³-hybridized carbons (Fsp3) is 0.189. The van der Waals surface area contributed by atoms with Crippen LogP contribution in [0.1, 0.15) is 46.1 Å². The van der Waals surface area contributed by atoms with Crippen molar-refractivity contribution >= 4 is 43.6 Å². The molecule has 0 saturated heterocycles. The summed E-state index contributed by atoms with van der Waals surface area (Å²) in [5, 5.41) is 5.21. The van der Waals surface area contributed by atoms with Crippen molar-refractivity contribution in [2.24, 2.45) is 0 Å². The second-order valence-electron chi connectivity index (χ2n) is 12.1. The molecule has 0 aliphatic heterocycles. The molecule has 192 valence electrons. The Morgan fingerprint density at radius 1 is 0.513 bits per heavy atom. The van der Waals surface area contributed by atoms with Gasteiger partial charge in [0.25, 0.3) is 0 Å². The first kappa shape index (κ1) is 23.8. The highest BCUT2D eigenvalue weighted by atomic mass is 15.0. The lowest BCUT2D eigenvalue weighted by Gasteiger charge is -2.24. The van der Waals surface area contributed by atoms with Crippen molar-refractivity contribution < 1.29 is 0 Å². The molecule has 2 heterocycles. The predicted octanol–water partition coefficient (Wildman–Crippen LogP) is 10.4. The van der Waals surface area contributed by atoms with Crippen molar-refractivity contribution in [1.29, 1.82) is 0 Å². The second kappa shape index (κ2) is 8.61. The summed E-state index contributed by atoms with van der Waals surface area (Å²) in [7, 11) is 0. The topological polar surface area (TPSA) is 9.86 Å². The maximum atomic E-state index is 2.48. The monoisotopic (exact) mass is 506 g/mol. The maximum absolute atomic E-state index is 2.48. The first-order valence-corrected chi connectivity index (χ1v) is 14.0. The van der Waals surface area contributed by atoms with Crippen LogP contribution in [0, 0.1) is 0 Å². The Hall–Kier alpha value is -4.30. The lowest BCUT2D eigenvalue weighted by Crippen LogP contribution is -2.21. The molecule has 7 rings (SSSR count). The van der Waals surface area contributed by atoms with E-state index in [9.17, 15) is 0 Å². The molecular weight excluding hydrogens is 472 g/mol. The third-order valence-corrected chi connectivity index (χ3v) is 8.12. The van der Waals surface area contributed by atoms with Crippen LogP contribution in [0.2, 0.25) is 0 Å². The number of nitrogens with zero attached hydrogens (tertiary/aromatic N) is 2. The van der Waals surface area contributed by atoms with Crippen molar-refractivity contribution in [3.63, 3.8) is 0 Å². The molecule has 0 bridgehead atoms. The molecule has 2 nitrogen and oxygen atoms in total. The van der Waals surface area contributed by atoms with Gasteiger partial charge in [-0.25, -0.2) is 0 Å². The lowest BCUT2D eigenvalue weighted by molar-refractivity contribution is 0.423. The minimum absolute atomic E-state index is 0.00979. The quantitative estimate of drug-likeness (QED) is 0.226. The van der Waals surface area contributed by atoms with Gasteiger partial charge in [-0.3, -0.25) is 0 Å². The van der Waals surface area contributed by atoms with Crippen LogP contribution in [-0.4, -0.2) is 9.13 Å². The highest BCUT2D eigenvalue weighted by molar-refractivity contribution is 6.10. The fourth-order valence-corrected chi connectivity index (χ4v) is 6.34. The first-order valence-electron chi connectivity index (χ1n) is 14.0. The molecule has 7 aromatic rings. The smallest absolute Gasteiger partial charge is 0.0541 e. The minimum Gasteiger partial charge on any atom is -0.335 e. The van der Waals surface area contributed by atoms with Gasteiger partial charge in [0, 0.05) is 43.8 Å². The van der Waals surface area contributed by atoms with Gasteiger partial charge in [0.2, 0.25) is 0 Å². The van der Waals surface area contributed by atoms with Crippen molar-refractivity contribution in [3.05, 3.63) is 115 Å². The number of fused-ring (bicyclic) bond motifs is 6. The molecule has 0 unspecified atom stereocenters. The van der Waals surface area contributed by atoms with Gasteiger partial charge in [0.05, 0.1) is 11.0 Å². The standard InChI is InChI=1S/C37H34N2/c1-24(2)26-20-27(22-28(21-26)38-33-15-9-6-12-29(33)30-13-7-10-16-34(30)38)25-18-19-36-32(23-25)31-14-8-11-17-35(31)39(36)37(3,4)5/h6-24H,1-5H3. The molecule has 5 aromatic carbocycles. The molecule has 0 spiro atoms. The van der Waals surface area contributed by atoms with Crippen LogP contribution in [0.5, 0.6) is 0 Å². The molecule has 2 heteroatoms. The van der Waals surface area contributed by atoms with E-state index < -0.39 is 0 Å². The summed E-state index contributed by atoms with van der Waals surface area (Å²) in [5.74, 6) is 0.420. The van der Waals surface area contributed by atoms with E-state index in [4.69, 9.17) is 0 Å². The van der Waals surface area contributed by atoms with Gasteiger partial charge < -0.3 is 9.13 Å². The number of hydrogen-bond donors (Lipinski definition) is 0. The van der Waals surface area contributed by atoms with E-state index in [1.807, 2.05) is 0 Å².